The van der Waals surface area contributed by atoms with E-state index >= 15 is 0 Å². The Bertz CT molecular complexity index is 1370. The van der Waals surface area contributed by atoms with E-state index in [-0.39, 0.29) is 22.5 Å². The molecular weight excluding hydrogens is 456 g/mol. The summed E-state index contributed by atoms with van der Waals surface area (Å²) in [6, 6.07) is 12.8. The van der Waals surface area contributed by atoms with Crippen LogP contribution in [0.3, 0.4) is 0 Å². The monoisotopic (exact) mass is 476 g/mol. The lowest BCUT2D eigenvalue weighted by molar-refractivity contribution is 0.0474. The number of ketones is 1. The summed E-state index contributed by atoms with van der Waals surface area (Å²) in [6.45, 7) is 3.45. The SMILES string of the molecule is Cc1cc(C(=O)COC(=O)c2ccc3c(c2)C(=O)N(c2ccc(Cl)cc2)C3=O)c(C)n1C1CC1. The molecule has 0 unspecified atom stereocenters. The number of fused-ring (bicyclic) bond motifs is 1. The topological polar surface area (TPSA) is 85.7 Å². The van der Waals surface area contributed by atoms with Crippen molar-refractivity contribution in [3.8, 4) is 0 Å². The van der Waals surface area contributed by atoms with Crippen LogP contribution < -0.4 is 4.90 Å². The molecule has 8 heteroatoms. The maximum absolute atomic E-state index is 12.9. The van der Waals surface area contributed by atoms with Crippen LogP contribution in [-0.2, 0) is 4.74 Å². The summed E-state index contributed by atoms with van der Waals surface area (Å²) in [6.07, 6.45) is 2.21. The van der Waals surface area contributed by atoms with Gasteiger partial charge in [0.05, 0.1) is 22.4 Å². The Labute approximate surface area is 200 Å². The van der Waals surface area contributed by atoms with E-state index in [2.05, 4.69) is 4.57 Å². The normalized spacial score (nSPS) is 15.0. The van der Waals surface area contributed by atoms with Crippen molar-refractivity contribution >= 4 is 40.9 Å². The van der Waals surface area contributed by atoms with Crippen LogP contribution in [0.5, 0.6) is 0 Å². The summed E-state index contributed by atoms with van der Waals surface area (Å²) in [5.41, 5.74) is 3.22. The Hall–Kier alpha value is -3.71. The van der Waals surface area contributed by atoms with E-state index < -0.39 is 24.4 Å². The van der Waals surface area contributed by atoms with E-state index in [1.807, 2.05) is 19.9 Å². The van der Waals surface area contributed by atoms with E-state index in [1.165, 1.54) is 18.2 Å². The Morgan fingerprint density at radius 1 is 0.971 bits per heavy atom. The van der Waals surface area contributed by atoms with E-state index in [4.69, 9.17) is 16.3 Å². The number of halogens is 1. The van der Waals surface area contributed by atoms with E-state index in [0.29, 0.717) is 22.3 Å². The second-order valence-electron chi connectivity index (χ2n) is 8.57. The molecule has 0 bridgehead atoms. The molecule has 34 heavy (non-hydrogen) atoms. The largest absolute Gasteiger partial charge is 0.454 e. The maximum Gasteiger partial charge on any atom is 0.338 e. The lowest BCUT2D eigenvalue weighted by Crippen LogP contribution is -2.29. The molecule has 2 heterocycles. The number of rotatable bonds is 6. The predicted octanol–water partition coefficient (Wildman–Crippen LogP) is 4.93. The van der Waals surface area contributed by atoms with Gasteiger partial charge in [-0.05, 0) is 75.2 Å². The number of nitrogens with zero attached hydrogens (tertiary/aromatic N) is 2. The third-order valence-corrected chi connectivity index (χ3v) is 6.49. The zero-order valence-corrected chi connectivity index (χ0v) is 19.4. The molecule has 0 spiro atoms. The minimum absolute atomic E-state index is 0.0918. The number of carbonyl (C=O) groups excluding carboxylic acids is 4. The second kappa shape index (κ2) is 8.25. The summed E-state index contributed by atoms with van der Waals surface area (Å²) >= 11 is 5.90. The van der Waals surface area contributed by atoms with Gasteiger partial charge in [-0.15, -0.1) is 0 Å². The summed E-state index contributed by atoms with van der Waals surface area (Å²) in [5.74, 6) is -2.05. The summed E-state index contributed by atoms with van der Waals surface area (Å²) in [7, 11) is 0. The van der Waals surface area contributed by atoms with Crippen LogP contribution in [0.15, 0.2) is 48.5 Å². The number of Topliss-reactive ketones (excluding diaryl/α,β-unsaturated/α-hetero) is 1. The molecule has 0 saturated heterocycles. The van der Waals surface area contributed by atoms with Crippen molar-refractivity contribution in [3.63, 3.8) is 0 Å². The van der Waals surface area contributed by atoms with Gasteiger partial charge in [-0.2, -0.15) is 0 Å². The number of amides is 2. The molecule has 1 aliphatic carbocycles. The van der Waals surface area contributed by atoms with Gasteiger partial charge in [0, 0.05) is 28.0 Å². The average Bonchev–Trinajstić information content (AvgIpc) is 3.57. The van der Waals surface area contributed by atoms with Crippen LogP contribution in [0.4, 0.5) is 5.69 Å². The highest BCUT2D eigenvalue weighted by Gasteiger charge is 2.37. The van der Waals surface area contributed by atoms with Crippen LogP contribution in [-0.4, -0.2) is 34.7 Å². The number of anilines is 1. The summed E-state index contributed by atoms with van der Waals surface area (Å²) in [5, 5.41) is 0.481. The molecule has 0 N–H and O–H groups in total. The van der Waals surface area contributed by atoms with Gasteiger partial charge in [0.15, 0.2) is 6.61 Å². The molecule has 2 aliphatic rings. The number of ether oxygens (including phenoxy) is 1. The van der Waals surface area contributed by atoms with Gasteiger partial charge in [-0.3, -0.25) is 14.4 Å². The maximum atomic E-state index is 12.9. The van der Waals surface area contributed by atoms with Gasteiger partial charge in [-0.1, -0.05) is 11.6 Å². The van der Waals surface area contributed by atoms with Gasteiger partial charge < -0.3 is 9.30 Å². The fourth-order valence-corrected chi connectivity index (χ4v) is 4.56. The Kier molecular flexibility index (Phi) is 5.37. The van der Waals surface area contributed by atoms with Crippen LogP contribution >= 0.6 is 11.6 Å². The number of hydrogen-bond acceptors (Lipinski definition) is 5. The second-order valence-corrected chi connectivity index (χ2v) is 9.00. The van der Waals surface area contributed by atoms with Crippen molar-refractivity contribution in [1.82, 2.24) is 4.57 Å². The lowest BCUT2D eigenvalue weighted by atomic mass is 10.1. The van der Waals surface area contributed by atoms with Gasteiger partial charge in [0.2, 0.25) is 5.78 Å². The molecule has 2 aromatic carbocycles. The number of aryl methyl sites for hydroxylation is 1. The highest BCUT2D eigenvalue weighted by molar-refractivity contribution is 6.35. The van der Waals surface area contributed by atoms with Crippen molar-refractivity contribution in [3.05, 3.63) is 87.2 Å². The van der Waals surface area contributed by atoms with Crippen molar-refractivity contribution in [2.24, 2.45) is 0 Å². The van der Waals surface area contributed by atoms with Gasteiger partial charge >= 0.3 is 5.97 Å². The summed E-state index contributed by atoms with van der Waals surface area (Å²) < 4.78 is 7.41. The van der Waals surface area contributed by atoms with E-state index in [9.17, 15) is 19.2 Å². The van der Waals surface area contributed by atoms with Crippen molar-refractivity contribution in [1.29, 1.82) is 0 Å². The zero-order chi connectivity index (χ0) is 24.1. The molecule has 2 amide bonds. The number of imide groups is 1. The first-order valence-electron chi connectivity index (χ1n) is 10.9. The average molecular weight is 477 g/mol. The molecule has 1 aliphatic heterocycles. The van der Waals surface area contributed by atoms with Crippen molar-refractivity contribution < 1.29 is 23.9 Å². The predicted molar refractivity (Wildman–Crippen MR) is 126 cm³/mol. The first-order valence-corrected chi connectivity index (χ1v) is 11.3. The highest BCUT2D eigenvalue weighted by atomic mass is 35.5. The Balaban J connectivity index is 1.31. The Morgan fingerprint density at radius 3 is 2.32 bits per heavy atom. The molecule has 1 fully saturated rings. The molecule has 3 aromatic rings. The molecule has 7 nitrogen and oxygen atoms in total. The first kappa shape index (κ1) is 22.1. The van der Waals surface area contributed by atoms with Gasteiger partial charge in [-0.25, -0.2) is 9.69 Å². The minimum Gasteiger partial charge on any atom is -0.454 e. The van der Waals surface area contributed by atoms with Crippen LogP contribution in [0.1, 0.15) is 71.7 Å². The van der Waals surface area contributed by atoms with Gasteiger partial charge in [0.25, 0.3) is 11.8 Å². The van der Waals surface area contributed by atoms with E-state index in [0.717, 1.165) is 29.1 Å². The molecular formula is C26H21ClN2O5. The zero-order valence-electron chi connectivity index (χ0n) is 18.6. The third-order valence-electron chi connectivity index (χ3n) is 6.24. The standard InChI is InChI=1S/C26H21ClN2O5/c1-14-11-21(15(2)28(14)18-8-9-18)23(30)13-34-26(33)16-3-10-20-22(12-16)25(32)29(24(20)31)19-6-4-17(27)5-7-19/h3-7,10-12,18H,8-9,13H2,1-2H3. The fraction of sp³-hybridized carbons (Fsp3) is 0.231. The van der Waals surface area contributed by atoms with Crippen LogP contribution in [0.25, 0.3) is 0 Å². The minimum atomic E-state index is -0.739. The number of benzene rings is 2. The molecule has 0 radical (unpaired) electrons. The Morgan fingerprint density at radius 2 is 1.65 bits per heavy atom. The number of hydrogen-bond donors (Lipinski definition) is 0. The molecule has 0 atom stereocenters. The molecule has 1 saturated carbocycles. The smallest absolute Gasteiger partial charge is 0.338 e. The molecule has 172 valence electrons. The van der Waals surface area contributed by atoms with E-state index in [1.54, 1.807) is 24.3 Å². The quantitative estimate of drug-likeness (QED) is 0.286. The van der Waals surface area contributed by atoms with Crippen molar-refractivity contribution in [2.45, 2.75) is 32.7 Å². The number of esters is 1. The highest BCUT2D eigenvalue weighted by Crippen LogP contribution is 2.38. The lowest BCUT2D eigenvalue weighted by Gasteiger charge is -2.13. The summed E-state index contributed by atoms with van der Waals surface area (Å²) in [4.78, 5) is 52.1. The molecule has 5 rings (SSSR count). The fourth-order valence-electron chi connectivity index (χ4n) is 4.44. The number of carbonyl (C=O) groups is 4. The molecule has 1 aromatic heterocycles. The van der Waals surface area contributed by atoms with Crippen LogP contribution in [0, 0.1) is 13.8 Å². The van der Waals surface area contributed by atoms with Crippen molar-refractivity contribution in [2.75, 3.05) is 11.5 Å². The van der Waals surface area contributed by atoms with Crippen LogP contribution in [0.2, 0.25) is 5.02 Å². The van der Waals surface area contributed by atoms with Gasteiger partial charge in [0.1, 0.15) is 0 Å². The number of aromatic nitrogens is 1. The first-order chi connectivity index (χ1) is 16.3. The third kappa shape index (κ3) is 3.72.